The van der Waals surface area contributed by atoms with Gasteiger partial charge in [0, 0.05) is 24.7 Å². The largest absolute Gasteiger partial charge is 0.399 e. The van der Waals surface area contributed by atoms with Crippen LogP contribution in [0.2, 0.25) is 0 Å². The van der Waals surface area contributed by atoms with Crippen molar-refractivity contribution in [3.05, 3.63) is 29.8 Å². The lowest BCUT2D eigenvalue weighted by atomic mass is 9.97. The number of amides is 1. The summed E-state index contributed by atoms with van der Waals surface area (Å²) in [6, 6.07) is 7.78. The highest BCUT2D eigenvalue weighted by molar-refractivity contribution is 5.78. The summed E-state index contributed by atoms with van der Waals surface area (Å²) < 4.78 is 0. The molecule has 1 aromatic rings. The smallest absolute Gasteiger partial charge is 0.225 e. The van der Waals surface area contributed by atoms with Gasteiger partial charge in [-0.1, -0.05) is 38.8 Å². The Labute approximate surface area is 123 Å². The molecule has 0 radical (unpaired) electrons. The summed E-state index contributed by atoms with van der Waals surface area (Å²) in [6.45, 7) is 7.75. The van der Waals surface area contributed by atoms with E-state index in [1.165, 1.54) is 0 Å². The molecule has 1 aromatic carbocycles. The predicted molar refractivity (Wildman–Crippen MR) is 85.3 cm³/mol. The van der Waals surface area contributed by atoms with Gasteiger partial charge in [-0.2, -0.15) is 0 Å². The lowest BCUT2D eigenvalue weighted by molar-refractivity contribution is -0.136. The normalized spacial score (nSPS) is 12.2. The van der Waals surface area contributed by atoms with Gasteiger partial charge in [-0.15, -0.1) is 0 Å². The lowest BCUT2D eigenvalue weighted by Gasteiger charge is -2.26. The van der Waals surface area contributed by atoms with Crippen LogP contribution in [0, 0.1) is 5.92 Å². The van der Waals surface area contributed by atoms with Crippen LogP contribution in [-0.4, -0.2) is 17.4 Å². The molecule has 112 valence electrons. The van der Waals surface area contributed by atoms with E-state index < -0.39 is 0 Å². The number of nitrogens with two attached hydrogens (primary N) is 1. The molecule has 0 saturated heterocycles. The summed E-state index contributed by atoms with van der Waals surface area (Å²) in [5.74, 6) is 0.462. The molecule has 0 heterocycles. The Morgan fingerprint density at radius 2 is 1.85 bits per heavy atom. The molecule has 0 aliphatic carbocycles. The Kier molecular flexibility index (Phi) is 7.13. The van der Waals surface area contributed by atoms with E-state index in [2.05, 4.69) is 13.8 Å². The summed E-state index contributed by atoms with van der Waals surface area (Å²) in [5, 5.41) is 0. The number of unbranched alkanes of at least 4 members (excludes halogenated alkanes) is 1. The second kappa shape index (κ2) is 8.62. The Morgan fingerprint density at radius 3 is 2.35 bits per heavy atom. The molecule has 1 unspecified atom stereocenters. The molecule has 0 spiro atoms. The first-order chi connectivity index (χ1) is 9.62. The highest BCUT2D eigenvalue weighted by atomic mass is 16.2. The Morgan fingerprint density at radius 1 is 1.20 bits per heavy atom. The van der Waals surface area contributed by atoms with Crippen molar-refractivity contribution < 1.29 is 4.79 Å². The summed E-state index contributed by atoms with van der Waals surface area (Å²) in [4.78, 5) is 14.5. The number of nitrogen functional groups attached to an aromatic ring is 1. The van der Waals surface area contributed by atoms with Crippen LogP contribution < -0.4 is 5.73 Å². The van der Waals surface area contributed by atoms with Crippen LogP contribution in [-0.2, 0) is 11.3 Å². The number of anilines is 1. The van der Waals surface area contributed by atoms with E-state index in [1.54, 1.807) is 0 Å². The maximum absolute atomic E-state index is 12.6. The zero-order valence-electron chi connectivity index (χ0n) is 13.1. The van der Waals surface area contributed by atoms with Crippen LogP contribution in [0.5, 0.6) is 0 Å². The van der Waals surface area contributed by atoms with Gasteiger partial charge in [-0.25, -0.2) is 0 Å². The van der Waals surface area contributed by atoms with Crippen LogP contribution in [0.25, 0.3) is 0 Å². The van der Waals surface area contributed by atoms with Crippen molar-refractivity contribution in [3.8, 4) is 0 Å². The van der Waals surface area contributed by atoms with Crippen LogP contribution >= 0.6 is 0 Å². The minimum atomic E-state index is 0.170. The first-order valence-corrected chi connectivity index (χ1v) is 7.75. The zero-order valence-corrected chi connectivity index (χ0v) is 13.1. The summed E-state index contributed by atoms with van der Waals surface area (Å²) >= 11 is 0. The van der Waals surface area contributed by atoms with Gasteiger partial charge in [0.05, 0.1) is 0 Å². The monoisotopic (exact) mass is 276 g/mol. The van der Waals surface area contributed by atoms with Crippen LogP contribution in [0.4, 0.5) is 5.69 Å². The number of rotatable bonds is 8. The first-order valence-electron chi connectivity index (χ1n) is 7.75. The van der Waals surface area contributed by atoms with E-state index in [0.717, 1.165) is 43.5 Å². The van der Waals surface area contributed by atoms with E-state index in [-0.39, 0.29) is 5.92 Å². The molecule has 1 amide bonds. The lowest BCUT2D eigenvalue weighted by Crippen LogP contribution is -2.35. The molecule has 0 saturated carbocycles. The molecule has 1 rings (SSSR count). The van der Waals surface area contributed by atoms with Crippen molar-refractivity contribution in [2.24, 2.45) is 5.92 Å². The molecule has 0 aromatic heterocycles. The molecular formula is C17H28N2O. The molecular weight excluding hydrogens is 248 g/mol. The average Bonchev–Trinajstić information content (AvgIpc) is 2.47. The number of hydrogen-bond acceptors (Lipinski definition) is 2. The van der Waals surface area contributed by atoms with Gasteiger partial charge in [0.1, 0.15) is 0 Å². The third kappa shape index (κ3) is 4.87. The number of hydrogen-bond donors (Lipinski definition) is 1. The number of carbonyl (C=O) groups is 1. The zero-order chi connectivity index (χ0) is 15.0. The minimum Gasteiger partial charge on any atom is -0.399 e. The predicted octanol–water partition coefficient (Wildman–Crippen LogP) is 3.83. The van der Waals surface area contributed by atoms with Crippen molar-refractivity contribution in [2.75, 3.05) is 12.3 Å². The molecule has 2 N–H and O–H groups in total. The molecule has 3 nitrogen and oxygen atoms in total. The van der Waals surface area contributed by atoms with Crippen LogP contribution in [0.1, 0.15) is 52.0 Å². The maximum Gasteiger partial charge on any atom is 0.225 e. The number of carbonyl (C=O) groups excluding carboxylic acids is 1. The standard InChI is InChI=1S/C17H28N2O/c1-4-7-8-15(5-2)17(20)19(6-3)13-14-9-11-16(18)12-10-14/h9-12,15H,4-8,13,18H2,1-3H3. The minimum absolute atomic E-state index is 0.170. The summed E-state index contributed by atoms with van der Waals surface area (Å²) in [5.41, 5.74) is 7.59. The second-order valence-electron chi connectivity index (χ2n) is 5.34. The van der Waals surface area contributed by atoms with Gasteiger partial charge in [-0.05, 0) is 37.5 Å². The first kappa shape index (κ1) is 16.5. The van der Waals surface area contributed by atoms with Gasteiger partial charge >= 0.3 is 0 Å². The van der Waals surface area contributed by atoms with Crippen molar-refractivity contribution in [3.63, 3.8) is 0 Å². The summed E-state index contributed by atoms with van der Waals surface area (Å²) in [7, 11) is 0. The third-order valence-electron chi connectivity index (χ3n) is 3.79. The van der Waals surface area contributed by atoms with Gasteiger partial charge in [-0.3, -0.25) is 4.79 Å². The Bertz CT molecular complexity index is 400. The number of benzene rings is 1. The molecule has 1 atom stereocenters. The van der Waals surface area contributed by atoms with E-state index in [4.69, 9.17) is 5.73 Å². The molecule has 0 aliphatic heterocycles. The average molecular weight is 276 g/mol. The van der Waals surface area contributed by atoms with Crippen molar-refractivity contribution >= 4 is 11.6 Å². The second-order valence-corrected chi connectivity index (χ2v) is 5.34. The summed E-state index contributed by atoms with van der Waals surface area (Å²) in [6.07, 6.45) is 4.21. The Hall–Kier alpha value is -1.51. The van der Waals surface area contributed by atoms with Crippen molar-refractivity contribution in [1.82, 2.24) is 4.90 Å². The topological polar surface area (TPSA) is 46.3 Å². The van der Waals surface area contributed by atoms with E-state index >= 15 is 0 Å². The SMILES string of the molecule is CCCCC(CC)C(=O)N(CC)Cc1ccc(N)cc1. The van der Waals surface area contributed by atoms with Gasteiger partial charge in [0.2, 0.25) is 5.91 Å². The fourth-order valence-corrected chi connectivity index (χ4v) is 2.40. The fraction of sp³-hybridized carbons (Fsp3) is 0.588. The quantitative estimate of drug-likeness (QED) is 0.733. The van der Waals surface area contributed by atoms with Crippen LogP contribution in [0.15, 0.2) is 24.3 Å². The van der Waals surface area contributed by atoms with Crippen molar-refractivity contribution in [2.45, 2.75) is 53.0 Å². The van der Waals surface area contributed by atoms with Crippen LogP contribution in [0.3, 0.4) is 0 Å². The Balaban J connectivity index is 2.68. The highest BCUT2D eigenvalue weighted by Gasteiger charge is 2.21. The molecule has 0 bridgehead atoms. The van der Waals surface area contributed by atoms with Gasteiger partial charge < -0.3 is 10.6 Å². The highest BCUT2D eigenvalue weighted by Crippen LogP contribution is 2.18. The van der Waals surface area contributed by atoms with Crippen molar-refractivity contribution in [1.29, 1.82) is 0 Å². The van der Waals surface area contributed by atoms with Gasteiger partial charge in [0.25, 0.3) is 0 Å². The fourth-order valence-electron chi connectivity index (χ4n) is 2.40. The van der Waals surface area contributed by atoms with E-state index in [9.17, 15) is 4.79 Å². The molecule has 0 aliphatic rings. The third-order valence-corrected chi connectivity index (χ3v) is 3.79. The molecule has 3 heteroatoms. The molecule has 20 heavy (non-hydrogen) atoms. The molecule has 0 fully saturated rings. The van der Waals surface area contributed by atoms with Gasteiger partial charge in [0.15, 0.2) is 0 Å². The van der Waals surface area contributed by atoms with E-state index in [1.807, 2.05) is 36.1 Å². The number of nitrogens with zero attached hydrogens (tertiary/aromatic N) is 1. The van der Waals surface area contributed by atoms with E-state index in [0.29, 0.717) is 12.5 Å². The maximum atomic E-state index is 12.6.